The van der Waals surface area contributed by atoms with Crippen molar-refractivity contribution in [1.29, 1.82) is 0 Å². The van der Waals surface area contributed by atoms with Gasteiger partial charge in [0.05, 0.1) is 17.3 Å². The Hall–Kier alpha value is -3.35. The Morgan fingerprint density at radius 1 is 0.906 bits per heavy atom. The van der Waals surface area contributed by atoms with E-state index in [1.54, 1.807) is 11.0 Å². The zero-order valence-electron chi connectivity index (χ0n) is 18.0. The van der Waals surface area contributed by atoms with Crippen LogP contribution in [-0.2, 0) is 4.79 Å². The van der Waals surface area contributed by atoms with Crippen LogP contribution in [0.25, 0.3) is 11.1 Å². The van der Waals surface area contributed by atoms with E-state index >= 15 is 0 Å². The minimum absolute atomic E-state index is 0.182. The molecule has 2 fully saturated rings. The van der Waals surface area contributed by atoms with Crippen LogP contribution in [0, 0.1) is 0 Å². The fourth-order valence-electron chi connectivity index (χ4n) is 5.14. The van der Waals surface area contributed by atoms with Gasteiger partial charge in [-0.15, -0.1) is 0 Å². The molecule has 3 N–H and O–H groups in total. The fraction of sp³-hybridized carbons (Fsp3) is 0.400. The lowest BCUT2D eigenvalue weighted by atomic mass is 9.96. The number of benzene rings is 2. The van der Waals surface area contributed by atoms with Crippen LogP contribution in [0.5, 0.6) is 0 Å². The molecule has 7 heteroatoms. The summed E-state index contributed by atoms with van der Waals surface area (Å²) < 4.78 is 0. The van der Waals surface area contributed by atoms with Gasteiger partial charge in [-0.25, -0.2) is 4.79 Å². The summed E-state index contributed by atoms with van der Waals surface area (Å²) in [6, 6.07) is 14.2. The topological polar surface area (TPSA) is 90.5 Å². The van der Waals surface area contributed by atoms with Crippen LogP contribution in [0.4, 0.5) is 10.5 Å². The molecule has 2 aromatic carbocycles. The van der Waals surface area contributed by atoms with E-state index in [0.29, 0.717) is 24.2 Å². The number of carbonyl (C=O) groups excluding carboxylic acids is 3. The van der Waals surface area contributed by atoms with Crippen LogP contribution in [-0.4, -0.2) is 47.4 Å². The number of urea groups is 1. The molecule has 0 unspecified atom stereocenters. The summed E-state index contributed by atoms with van der Waals surface area (Å²) in [5, 5.41) is 8.92. The maximum absolute atomic E-state index is 13.4. The van der Waals surface area contributed by atoms with Gasteiger partial charge in [0.25, 0.3) is 5.91 Å². The van der Waals surface area contributed by atoms with Crippen LogP contribution in [0.3, 0.4) is 0 Å². The number of amides is 4. The second-order valence-electron chi connectivity index (χ2n) is 8.91. The highest BCUT2D eigenvalue weighted by molar-refractivity contribution is 6.11. The second kappa shape index (κ2) is 8.65. The molecule has 2 atom stereocenters. The molecule has 1 aliphatic carbocycles. The predicted molar refractivity (Wildman–Crippen MR) is 122 cm³/mol. The van der Waals surface area contributed by atoms with Crippen molar-refractivity contribution in [3.8, 4) is 11.1 Å². The normalized spacial score (nSPS) is 23.1. The van der Waals surface area contributed by atoms with Gasteiger partial charge < -0.3 is 20.9 Å². The van der Waals surface area contributed by atoms with E-state index in [1.807, 2.05) is 42.5 Å². The maximum atomic E-state index is 13.4. The van der Waals surface area contributed by atoms with Crippen LogP contribution in [0.15, 0.2) is 48.5 Å². The molecule has 7 nitrogen and oxygen atoms in total. The van der Waals surface area contributed by atoms with Crippen molar-refractivity contribution >= 4 is 23.5 Å². The van der Waals surface area contributed by atoms with Crippen molar-refractivity contribution in [3.05, 3.63) is 54.1 Å². The quantitative estimate of drug-likeness (QED) is 0.693. The molecule has 3 aliphatic rings. The van der Waals surface area contributed by atoms with Crippen LogP contribution in [0.1, 0.15) is 48.9 Å². The summed E-state index contributed by atoms with van der Waals surface area (Å²) in [5.74, 6) is -0.442. The lowest BCUT2D eigenvalue weighted by Gasteiger charge is -2.27. The first-order valence-corrected chi connectivity index (χ1v) is 11.5. The van der Waals surface area contributed by atoms with Crippen molar-refractivity contribution in [2.45, 2.75) is 56.7 Å². The Balaban J connectivity index is 1.34. The minimum atomic E-state index is -0.716. The van der Waals surface area contributed by atoms with Gasteiger partial charge in [-0.1, -0.05) is 55.7 Å². The monoisotopic (exact) mass is 432 g/mol. The van der Waals surface area contributed by atoms with Gasteiger partial charge in [-0.2, -0.15) is 0 Å². The van der Waals surface area contributed by atoms with Gasteiger partial charge in [0.2, 0.25) is 5.91 Å². The van der Waals surface area contributed by atoms with Gasteiger partial charge >= 0.3 is 6.03 Å². The molecule has 4 amide bonds. The maximum Gasteiger partial charge on any atom is 0.315 e. The first kappa shape index (κ1) is 20.5. The van der Waals surface area contributed by atoms with Crippen molar-refractivity contribution in [1.82, 2.24) is 15.5 Å². The summed E-state index contributed by atoms with van der Waals surface area (Å²) >= 11 is 0. The number of fused-ring (bicyclic) bond motifs is 2. The molecule has 32 heavy (non-hydrogen) atoms. The number of rotatable bonds is 3. The molecular weight excluding hydrogens is 404 g/mol. The Kier molecular flexibility index (Phi) is 5.55. The van der Waals surface area contributed by atoms with Gasteiger partial charge in [-0.05, 0) is 42.5 Å². The van der Waals surface area contributed by atoms with Gasteiger partial charge in [0.15, 0.2) is 0 Å². The smallest absolute Gasteiger partial charge is 0.315 e. The number of carbonyl (C=O) groups is 3. The van der Waals surface area contributed by atoms with E-state index in [4.69, 9.17) is 0 Å². The lowest BCUT2D eigenvalue weighted by Crippen LogP contribution is -2.54. The van der Waals surface area contributed by atoms with E-state index in [-0.39, 0.29) is 23.9 Å². The first-order valence-electron chi connectivity index (χ1n) is 11.5. The highest BCUT2D eigenvalue weighted by Gasteiger charge is 2.45. The van der Waals surface area contributed by atoms with E-state index in [9.17, 15) is 14.4 Å². The second-order valence-corrected chi connectivity index (χ2v) is 8.91. The molecule has 0 spiro atoms. The van der Waals surface area contributed by atoms with Gasteiger partial charge in [0, 0.05) is 12.6 Å². The van der Waals surface area contributed by atoms with Crippen molar-refractivity contribution in [2.75, 3.05) is 11.9 Å². The van der Waals surface area contributed by atoms with E-state index in [2.05, 4.69) is 16.0 Å². The first-order chi connectivity index (χ1) is 15.6. The average molecular weight is 433 g/mol. The molecule has 0 radical (unpaired) electrons. The average Bonchev–Trinajstić information content (AvgIpc) is 3.19. The zero-order valence-corrected chi connectivity index (χ0v) is 18.0. The fourth-order valence-corrected chi connectivity index (χ4v) is 5.14. The summed E-state index contributed by atoms with van der Waals surface area (Å²) in [6.45, 7) is 0.431. The molecule has 1 saturated carbocycles. The zero-order chi connectivity index (χ0) is 22.1. The molecular formula is C25H28N4O3. The third kappa shape index (κ3) is 3.95. The van der Waals surface area contributed by atoms with Gasteiger partial charge in [-0.3, -0.25) is 9.59 Å². The van der Waals surface area contributed by atoms with E-state index < -0.39 is 12.1 Å². The Bertz CT molecular complexity index is 1030. The highest BCUT2D eigenvalue weighted by Crippen LogP contribution is 2.32. The third-order valence-electron chi connectivity index (χ3n) is 6.80. The largest absolute Gasteiger partial charge is 0.335 e. The predicted octanol–water partition coefficient (Wildman–Crippen LogP) is 3.52. The molecule has 5 rings (SSSR count). The highest BCUT2D eigenvalue weighted by atomic mass is 16.2. The molecule has 2 aliphatic heterocycles. The van der Waals surface area contributed by atoms with Gasteiger partial charge in [0.1, 0.15) is 6.04 Å². The molecule has 166 valence electrons. The van der Waals surface area contributed by atoms with Crippen molar-refractivity contribution < 1.29 is 14.4 Å². The summed E-state index contributed by atoms with van der Waals surface area (Å²) in [4.78, 5) is 40.6. The molecule has 1 saturated heterocycles. The van der Waals surface area contributed by atoms with Crippen LogP contribution in [0.2, 0.25) is 0 Å². The number of hydrogen-bond acceptors (Lipinski definition) is 3. The number of nitrogens with zero attached hydrogens (tertiary/aromatic N) is 1. The SMILES string of the molecule is O=C(NC1CCCCC1)N[C@H]1CCN2C(=O)c3cc(-c4ccccc4)ccc3NC(=O)[C@H]12. The van der Waals surface area contributed by atoms with Crippen molar-refractivity contribution in [3.63, 3.8) is 0 Å². The molecule has 2 heterocycles. The minimum Gasteiger partial charge on any atom is -0.335 e. The molecule has 0 bridgehead atoms. The Morgan fingerprint density at radius 3 is 2.47 bits per heavy atom. The standard InChI is InChI=1S/C25H28N4O3/c30-23-22-21(28-25(32)26-18-9-5-2-6-10-18)13-14-29(22)24(31)19-15-17(11-12-20(19)27-23)16-7-3-1-4-8-16/h1,3-4,7-8,11-12,15,18,21-22H,2,5-6,9-10,13-14H2,(H,27,30)(H2,26,28,32)/t21-,22-/m0/s1. The van der Waals surface area contributed by atoms with E-state index in [1.165, 1.54) is 6.42 Å². The Morgan fingerprint density at radius 2 is 1.69 bits per heavy atom. The third-order valence-corrected chi connectivity index (χ3v) is 6.80. The number of anilines is 1. The molecule has 2 aromatic rings. The Labute approximate surface area is 187 Å². The lowest BCUT2D eigenvalue weighted by molar-refractivity contribution is -0.120. The number of hydrogen-bond donors (Lipinski definition) is 3. The van der Waals surface area contributed by atoms with E-state index in [0.717, 1.165) is 36.8 Å². The van der Waals surface area contributed by atoms with Crippen LogP contribution < -0.4 is 16.0 Å². The van der Waals surface area contributed by atoms with Crippen LogP contribution >= 0.6 is 0 Å². The molecule has 0 aromatic heterocycles. The summed E-state index contributed by atoms with van der Waals surface area (Å²) in [5.41, 5.74) is 2.93. The number of nitrogens with one attached hydrogen (secondary N) is 3. The summed E-state index contributed by atoms with van der Waals surface area (Å²) in [6.07, 6.45) is 6.01. The summed E-state index contributed by atoms with van der Waals surface area (Å²) in [7, 11) is 0. The van der Waals surface area contributed by atoms with Crippen molar-refractivity contribution in [2.24, 2.45) is 0 Å².